The third-order valence-electron chi connectivity index (χ3n) is 4.18. The van der Waals surface area contributed by atoms with Gasteiger partial charge in [0.1, 0.15) is 6.54 Å². The van der Waals surface area contributed by atoms with Gasteiger partial charge in [-0.1, -0.05) is 31.2 Å². The Balaban J connectivity index is 1.74. The van der Waals surface area contributed by atoms with Crippen molar-refractivity contribution in [1.82, 2.24) is 9.78 Å². The third kappa shape index (κ3) is 4.47. The highest BCUT2D eigenvalue weighted by Crippen LogP contribution is 2.17. The molecule has 3 aromatic rings. The summed E-state index contributed by atoms with van der Waals surface area (Å²) in [5.74, 6) is -0.457. The summed E-state index contributed by atoms with van der Waals surface area (Å²) in [6.07, 6.45) is 0.927. The molecule has 0 bridgehead atoms. The second-order valence-corrected chi connectivity index (χ2v) is 6.12. The number of benzene rings is 2. The van der Waals surface area contributed by atoms with Gasteiger partial charge in [0.2, 0.25) is 5.91 Å². The molecule has 1 aromatic heterocycles. The van der Waals surface area contributed by atoms with E-state index in [4.69, 9.17) is 0 Å². The molecular weight excluding hydrogens is 360 g/mol. The molecule has 8 nitrogen and oxygen atoms in total. The largest absolute Gasteiger partial charge is 0.324 e. The van der Waals surface area contributed by atoms with Gasteiger partial charge in [0.25, 0.3) is 11.2 Å². The Morgan fingerprint density at radius 1 is 1.07 bits per heavy atom. The van der Waals surface area contributed by atoms with Crippen molar-refractivity contribution in [3.8, 4) is 11.3 Å². The number of aromatic nitrogens is 2. The van der Waals surface area contributed by atoms with Crippen LogP contribution in [0.15, 0.2) is 65.5 Å². The van der Waals surface area contributed by atoms with Crippen molar-refractivity contribution in [1.29, 1.82) is 0 Å². The summed E-state index contributed by atoms with van der Waals surface area (Å²) in [6, 6.07) is 16.3. The molecule has 0 aliphatic rings. The van der Waals surface area contributed by atoms with Crippen LogP contribution in [0.25, 0.3) is 11.3 Å². The molecular formula is C20H18N4O4. The summed E-state index contributed by atoms with van der Waals surface area (Å²) in [7, 11) is 0. The zero-order chi connectivity index (χ0) is 20.1. The van der Waals surface area contributed by atoms with Crippen molar-refractivity contribution in [3.05, 3.63) is 86.7 Å². The number of non-ortho nitro benzene ring substituents is 1. The summed E-state index contributed by atoms with van der Waals surface area (Å²) in [5, 5.41) is 17.5. The van der Waals surface area contributed by atoms with Gasteiger partial charge >= 0.3 is 0 Å². The Hall–Kier alpha value is -3.81. The lowest BCUT2D eigenvalue weighted by Crippen LogP contribution is -2.29. The van der Waals surface area contributed by atoms with Crippen molar-refractivity contribution in [2.24, 2.45) is 0 Å². The van der Waals surface area contributed by atoms with E-state index in [1.165, 1.54) is 35.9 Å². The quantitative estimate of drug-likeness (QED) is 0.524. The fourth-order valence-corrected chi connectivity index (χ4v) is 2.63. The third-order valence-corrected chi connectivity index (χ3v) is 4.18. The number of carbonyl (C=O) groups excluding carboxylic acids is 1. The van der Waals surface area contributed by atoms with E-state index < -0.39 is 16.4 Å². The predicted molar refractivity (Wildman–Crippen MR) is 105 cm³/mol. The number of rotatable bonds is 6. The predicted octanol–water partition coefficient (Wildman–Crippen LogP) is 3.02. The average molecular weight is 378 g/mol. The lowest BCUT2D eigenvalue weighted by Gasteiger charge is -2.08. The van der Waals surface area contributed by atoms with Crippen molar-refractivity contribution >= 4 is 17.3 Å². The van der Waals surface area contributed by atoms with Gasteiger partial charge in [-0.25, -0.2) is 4.68 Å². The molecule has 0 aliphatic carbocycles. The highest BCUT2D eigenvalue weighted by atomic mass is 16.6. The normalized spacial score (nSPS) is 10.5. The first kappa shape index (κ1) is 19.0. The minimum Gasteiger partial charge on any atom is -0.324 e. The van der Waals surface area contributed by atoms with Crippen LogP contribution >= 0.6 is 0 Å². The number of carbonyl (C=O) groups is 1. The number of amides is 1. The number of nitrogens with one attached hydrogen (secondary N) is 1. The van der Waals surface area contributed by atoms with Crippen molar-refractivity contribution in [2.75, 3.05) is 5.32 Å². The summed E-state index contributed by atoms with van der Waals surface area (Å²) in [5.41, 5.74) is 2.56. The van der Waals surface area contributed by atoms with Crippen LogP contribution in [0.5, 0.6) is 0 Å². The number of nitro benzene ring substituents is 1. The van der Waals surface area contributed by atoms with E-state index in [9.17, 15) is 19.7 Å². The van der Waals surface area contributed by atoms with Gasteiger partial charge in [0.15, 0.2) is 0 Å². The Labute approximate surface area is 160 Å². The van der Waals surface area contributed by atoms with E-state index in [2.05, 4.69) is 17.3 Å². The molecule has 0 spiro atoms. The Bertz CT molecular complexity index is 1060. The lowest BCUT2D eigenvalue weighted by molar-refractivity contribution is -0.384. The van der Waals surface area contributed by atoms with E-state index in [1.54, 1.807) is 6.07 Å². The standard InChI is InChI=1S/C20H18N4O4/c1-2-14-3-5-15(6-4-14)18-11-12-20(26)23(22-18)13-19(25)21-16-7-9-17(10-8-16)24(27)28/h3-12H,2,13H2,1H3,(H,21,25). The number of aryl methyl sites for hydroxylation is 1. The molecule has 0 fully saturated rings. The van der Waals surface area contributed by atoms with Crippen LogP contribution in [0.1, 0.15) is 12.5 Å². The molecule has 3 rings (SSSR count). The lowest BCUT2D eigenvalue weighted by atomic mass is 10.1. The van der Waals surface area contributed by atoms with Crippen molar-refractivity contribution < 1.29 is 9.72 Å². The van der Waals surface area contributed by atoms with Crippen molar-refractivity contribution in [3.63, 3.8) is 0 Å². The van der Waals surface area contributed by atoms with E-state index in [1.807, 2.05) is 24.3 Å². The molecule has 142 valence electrons. The summed E-state index contributed by atoms with van der Waals surface area (Å²) in [4.78, 5) is 34.4. The van der Waals surface area contributed by atoms with Crippen LogP contribution in [-0.2, 0) is 17.8 Å². The zero-order valence-electron chi connectivity index (χ0n) is 15.2. The maximum Gasteiger partial charge on any atom is 0.269 e. The van der Waals surface area contributed by atoms with Gasteiger partial charge in [0.05, 0.1) is 10.6 Å². The number of anilines is 1. The Morgan fingerprint density at radius 3 is 2.36 bits per heavy atom. The van der Waals surface area contributed by atoms with Crippen LogP contribution in [0.4, 0.5) is 11.4 Å². The van der Waals surface area contributed by atoms with Gasteiger partial charge < -0.3 is 5.32 Å². The van der Waals surface area contributed by atoms with E-state index in [-0.39, 0.29) is 12.2 Å². The minimum absolute atomic E-state index is 0.0716. The van der Waals surface area contributed by atoms with Crippen LogP contribution in [0, 0.1) is 10.1 Å². The maximum absolute atomic E-state index is 12.2. The fraction of sp³-hybridized carbons (Fsp3) is 0.150. The number of nitro groups is 1. The first-order valence-electron chi connectivity index (χ1n) is 8.68. The van der Waals surface area contributed by atoms with Gasteiger partial charge in [0, 0.05) is 29.4 Å². The number of hydrogen-bond acceptors (Lipinski definition) is 5. The zero-order valence-corrected chi connectivity index (χ0v) is 15.2. The maximum atomic E-state index is 12.2. The van der Waals surface area contributed by atoms with E-state index in [0.717, 1.165) is 16.7 Å². The molecule has 0 atom stereocenters. The molecule has 0 unspecified atom stereocenters. The van der Waals surface area contributed by atoms with Gasteiger partial charge in [-0.3, -0.25) is 19.7 Å². The average Bonchev–Trinajstić information content (AvgIpc) is 2.70. The second kappa shape index (κ2) is 8.26. The van der Waals surface area contributed by atoms with E-state index in [0.29, 0.717) is 11.4 Å². The smallest absolute Gasteiger partial charge is 0.269 e. The molecule has 1 heterocycles. The second-order valence-electron chi connectivity index (χ2n) is 6.12. The highest BCUT2D eigenvalue weighted by molar-refractivity contribution is 5.90. The topological polar surface area (TPSA) is 107 Å². The summed E-state index contributed by atoms with van der Waals surface area (Å²) < 4.78 is 1.09. The number of hydrogen-bond donors (Lipinski definition) is 1. The first-order valence-corrected chi connectivity index (χ1v) is 8.68. The van der Waals surface area contributed by atoms with Gasteiger partial charge in [-0.2, -0.15) is 5.10 Å². The fourth-order valence-electron chi connectivity index (χ4n) is 2.63. The van der Waals surface area contributed by atoms with Crippen LogP contribution in [-0.4, -0.2) is 20.6 Å². The van der Waals surface area contributed by atoms with Crippen LogP contribution in [0.2, 0.25) is 0 Å². The van der Waals surface area contributed by atoms with E-state index >= 15 is 0 Å². The first-order chi connectivity index (χ1) is 13.5. The van der Waals surface area contributed by atoms with Crippen molar-refractivity contribution in [2.45, 2.75) is 19.9 Å². The molecule has 1 N–H and O–H groups in total. The summed E-state index contributed by atoms with van der Waals surface area (Å²) >= 11 is 0. The summed E-state index contributed by atoms with van der Waals surface area (Å²) in [6.45, 7) is 1.80. The molecule has 8 heteroatoms. The SMILES string of the molecule is CCc1ccc(-c2ccc(=O)n(CC(=O)Nc3ccc([N+](=O)[O-])cc3)n2)cc1. The Morgan fingerprint density at radius 2 is 1.75 bits per heavy atom. The highest BCUT2D eigenvalue weighted by Gasteiger charge is 2.10. The number of nitrogens with zero attached hydrogens (tertiary/aromatic N) is 3. The molecule has 28 heavy (non-hydrogen) atoms. The van der Waals surface area contributed by atoms with Gasteiger partial charge in [-0.05, 0) is 30.2 Å². The minimum atomic E-state index is -0.520. The van der Waals surface area contributed by atoms with Crippen LogP contribution < -0.4 is 10.9 Å². The molecule has 0 saturated heterocycles. The molecule has 0 radical (unpaired) electrons. The molecule has 0 aliphatic heterocycles. The monoisotopic (exact) mass is 378 g/mol. The van der Waals surface area contributed by atoms with Gasteiger partial charge in [-0.15, -0.1) is 0 Å². The molecule has 1 amide bonds. The molecule has 0 saturated carbocycles. The Kier molecular flexibility index (Phi) is 5.59. The van der Waals surface area contributed by atoms with Crippen LogP contribution in [0.3, 0.4) is 0 Å². The molecule has 2 aromatic carbocycles.